The first-order chi connectivity index (χ1) is 14.4. The van der Waals surface area contributed by atoms with Crippen molar-refractivity contribution in [2.45, 2.75) is 31.2 Å². The van der Waals surface area contributed by atoms with Crippen molar-refractivity contribution in [3.05, 3.63) is 53.6 Å². The summed E-state index contributed by atoms with van der Waals surface area (Å²) in [5.74, 6) is 1.61. The van der Waals surface area contributed by atoms with Gasteiger partial charge in [-0.2, -0.15) is 4.31 Å². The van der Waals surface area contributed by atoms with Crippen molar-refractivity contribution >= 4 is 15.8 Å². The molecule has 2 aromatic rings. The first-order valence-corrected chi connectivity index (χ1v) is 11.6. The van der Waals surface area contributed by atoms with E-state index in [2.05, 4.69) is 12.2 Å². The normalized spacial score (nSPS) is 19.0. The number of carbonyl (C=O) groups excluding carboxylic acids is 1. The minimum atomic E-state index is -3.59. The van der Waals surface area contributed by atoms with E-state index in [4.69, 9.17) is 9.47 Å². The van der Waals surface area contributed by atoms with E-state index in [1.165, 1.54) is 10.4 Å². The maximum atomic E-state index is 13.0. The van der Waals surface area contributed by atoms with Crippen molar-refractivity contribution in [3.8, 4) is 11.5 Å². The summed E-state index contributed by atoms with van der Waals surface area (Å²) in [7, 11) is -3.59. The SMILES string of the molecule is CC1CCCN(S(=O)(=O)c2cccc(C(=O)CNCc3ccc4c(c3)OCO4)c2)C1. The second-order valence-electron chi connectivity index (χ2n) is 7.85. The topological polar surface area (TPSA) is 84.9 Å². The number of carbonyl (C=O) groups is 1. The standard InChI is InChI=1S/C22H26N2O5S/c1-16-4-3-9-24(14-16)30(26,27)19-6-2-5-18(11-19)20(25)13-23-12-17-7-8-21-22(10-17)29-15-28-21/h2,5-8,10-11,16,23H,3-4,9,12-15H2,1H3. The maximum absolute atomic E-state index is 13.0. The number of rotatable bonds is 7. The molecule has 1 saturated heterocycles. The van der Waals surface area contributed by atoms with E-state index < -0.39 is 10.0 Å². The van der Waals surface area contributed by atoms with Crippen LogP contribution in [0.4, 0.5) is 0 Å². The summed E-state index contributed by atoms with van der Waals surface area (Å²) in [6.45, 7) is 3.94. The van der Waals surface area contributed by atoms with E-state index in [1.807, 2.05) is 18.2 Å². The molecule has 0 radical (unpaired) electrons. The van der Waals surface area contributed by atoms with Gasteiger partial charge in [-0.1, -0.05) is 25.1 Å². The van der Waals surface area contributed by atoms with Crippen LogP contribution in [0.3, 0.4) is 0 Å². The Morgan fingerprint density at radius 3 is 2.83 bits per heavy atom. The van der Waals surface area contributed by atoms with E-state index >= 15 is 0 Å². The van der Waals surface area contributed by atoms with Crippen molar-refractivity contribution < 1.29 is 22.7 Å². The third-order valence-electron chi connectivity index (χ3n) is 5.47. The number of Topliss-reactive ketones (excluding diaryl/α,β-unsaturated/α-hetero) is 1. The van der Waals surface area contributed by atoms with Crippen molar-refractivity contribution in [2.24, 2.45) is 5.92 Å². The molecule has 30 heavy (non-hydrogen) atoms. The number of benzene rings is 2. The van der Waals surface area contributed by atoms with Crippen LogP contribution in [0.5, 0.6) is 11.5 Å². The molecule has 8 heteroatoms. The molecule has 4 rings (SSSR count). The highest BCUT2D eigenvalue weighted by Crippen LogP contribution is 2.32. The number of nitrogens with one attached hydrogen (secondary N) is 1. The van der Waals surface area contributed by atoms with E-state index in [0.29, 0.717) is 36.9 Å². The third kappa shape index (κ3) is 4.50. The number of nitrogens with zero attached hydrogens (tertiary/aromatic N) is 1. The van der Waals surface area contributed by atoms with Crippen LogP contribution in [0.1, 0.15) is 35.7 Å². The average Bonchev–Trinajstić information content (AvgIpc) is 3.22. The molecule has 0 aromatic heterocycles. The Labute approximate surface area is 177 Å². The molecule has 1 unspecified atom stereocenters. The Balaban J connectivity index is 1.39. The highest BCUT2D eigenvalue weighted by molar-refractivity contribution is 7.89. The zero-order valence-electron chi connectivity index (χ0n) is 17.0. The summed E-state index contributed by atoms with van der Waals surface area (Å²) in [5, 5.41) is 3.11. The van der Waals surface area contributed by atoms with Crippen LogP contribution in [0.2, 0.25) is 0 Å². The Kier molecular flexibility index (Phi) is 6.08. The van der Waals surface area contributed by atoms with Crippen molar-refractivity contribution in [3.63, 3.8) is 0 Å². The van der Waals surface area contributed by atoms with Gasteiger partial charge < -0.3 is 14.8 Å². The molecule has 1 atom stereocenters. The molecule has 2 heterocycles. The van der Waals surface area contributed by atoms with E-state index in [1.54, 1.807) is 18.2 Å². The van der Waals surface area contributed by atoms with Gasteiger partial charge in [0, 0.05) is 25.2 Å². The van der Waals surface area contributed by atoms with Gasteiger partial charge in [0.1, 0.15) is 0 Å². The summed E-state index contributed by atoms with van der Waals surface area (Å²) >= 11 is 0. The number of piperidine rings is 1. The molecule has 1 N–H and O–H groups in total. The second-order valence-corrected chi connectivity index (χ2v) is 9.79. The molecule has 0 saturated carbocycles. The molecule has 0 spiro atoms. The molecule has 7 nitrogen and oxygen atoms in total. The Bertz CT molecular complexity index is 1040. The number of hydrogen-bond acceptors (Lipinski definition) is 6. The Morgan fingerprint density at radius 1 is 1.17 bits per heavy atom. The fourth-order valence-electron chi connectivity index (χ4n) is 3.82. The van der Waals surface area contributed by atoms with Crippen LogP contribution < -0.4 is 14.8 Å². The summed E-state index contributed by atoms with van der Waals surface area (Å²) in [4.78, 5) is 12.8. The van der Waals surface area contributed by atoms with Crippen LogP contribution in [0.25, 0.3) is 0 Å². The fourth-order valence-corrected chi connectivity index (χ4v) is 5.46. The van der Waals surface area contributed by atoms with E-state index in [-0.39, 0.29) is 24.0 Å². The number of hydrogen-bond donors (Lipinski definition) is 1. The first-order valence-electron chi connectivity index (χ1n) is 10.2. The van der Waals surface area contributed by atoms with Crippen LogP contribution in [-0.2, 0) is 16.6 Å². The quantitative estimate of drug-likeness (QED) is 0.680. The molecular formula is C22H26N2O5S. The van der Waals surface area contributed by atoms with Crippen molar-refractivity contribution in [1.29, 1.82) is 0 Å². The Morgan fingerprint density at radius 2 is 2.00 bits per heavy atom. The lowest BCUT2D eigenvalue weighted by molar-refractivity contribution is 0.0990. The summed E-state index contributed by atoms with van der Waals surface area (Å²) in [6.07, 6.45) is 1.91. The number of ether oxygens (including phenoxy) is 2. The van der Waals surface area contributed by atoms with Crippen LogP contribution in [-0.4, -0.2) is 44.9 Å². The lowest BCUT2D eigenvalue weighted by Gasteiger charge is -2.30. The minimum Gasteiger partial charge on any atom is -0.454 e. The van der Waals surface area contributed by atoms with E-state index in [9.17, 15) is 13.2 Å². The molecule has 2 aromatic carbocycles. The van der Waals surface area contributed by atoms with Gasteiger partial charge in [0.15, 0.2) is 17.3 Å². The van der Waals surface area contributed by atoms with Gasteiger partial charge >= 0.3 is 0 Å². The zero-order valence-corrected chi connectivity index (χ0v) is 17.8. The third-order valence-corrected chi connectivity index (χ3v) is 7.33. The molecule has 0 bridgehead atoms. The van der Waals surface area contributed by atoms with Gasteiger partial charge in [0.25, 0.3) is 0 Å². The second kappa shape index (κ2) is 8.75. The fraction of sp³-hybridized carbons (Fsp3) is 0.409. The molecule has 0 amide bonds. The van der Waals surface area contributed by atoms with Gasteiger partial charge in [-0.05, 0) is 48.6 Å². The van der Waals surface area contributed by atoms with Gasteiger partial charge in [-0.3, -0.25) is 4.79 Å². The largest absolute Gasteiger partial charge is 0.454 e. The average molecular weight is 431 g/mol. The predicted molar refractivity (Wildman–Crippen MR) is 112 cm³/mol. The van der Waals surface area contributed by atoms with E-state index in [0.717, 1.165) is 24.2 Å². The molecular weight excluding hydrogens is 404 g/mol. The highest BCUT2D eigenvalue weighted by atomic mass is 32.2. The Hall–Kier alpha value is -2.42. The molecule has 160 valence electrons. The smallest absolute Gasteiger partial charge is 0.243 e. The molecule has 2 aliphatic rings. The first kappa shape index (κ1) is 20.8. The zero-order chi connectivity index (χ0) is 21.1. The summed E-state index contributed by atoms with van der Waals surface area (Å²) in [6, 6.07) is 12.0. The summed E-state index contributed by atoms with van der Waals surface area (Å²) < 4.78 is 38.1. The predicted octanol–water partition coefficient (Wildman–Crippen LogP) is 2.81. The van der Waals surface area contributed by atoms with Crippen LogP contribution in [0.15, 0.2) is 47.4 Å². The monoisotopic (exact) mass is 430 g/mol. The van der Waals surface area contributed by atoms with Crippen LogP contribution in [0, 0.1) is 5.92 Å². The minimum absolute atomic E-state index is 0.110. The van der Waals surface area contributed by atoms with Crippen LogP contribution >= 0.6 is 0 Å². The van der Waals surface area contributed by atoms with Gasteiger partial charge in [-0.15, -0.1) is 0 Å². The highest BCUT2D eigenvalue weighted by Gasteiger charge is 2.29. The van der Waals surface area contributed by atoms with Crippen molar-refractivity contribution in [1.82, 2.24) is 9.62 Å². The van der Waals surface area contributed by atoms with Gasteiger partial charge in [0.05, 0.1) is 11.4 Å². The van der Waals surface area contributed by atoms with Gasteiger partial charge in [0.2, 0.25) is 16.8 Å². The lowest BCUT2D eigenvalue weighted by Crippen LogP contribution is -2.39. The summed E-state index contributed by atoms with van der Waals surface area (Å²) in [5.41, 5.74) is 1.36. The van der Waals surface area contributed by atoms with Gasteiger partial charge in [-0.25, -0.2) is 8.42 Å². The lowest BCUT2D eigenvalue weighted by atomic mass is 10.0. The maximum Gasteiger partial charge on any atom is 0.243 e. The molecule has 0 aliphatic carbocycles. The number of fused-ring (bicyclic) bond motifs is 1. The number of sulfonamides is 1. The van der Waals surface area contributed by atoms with Crippen molar-refractivity contribution in [2.75, 3.05) is 26.4 Å². The molecule has 1 fully saturated rings. The number of ketones is 1. The molecule has 2 aliphatic heterocycles.